The fraction of sp³-hybridized carbons (Fsp3) is 0.333. The lowest BCUT2D eigenvalue weighted by Crippen LogP contribution is -1.87. The lowest BCUT2D eigenvalue weighted by molar-refractivity contribution is 0.476. The zero-order valence-corrected chi connectivity index (χ0v) is 9.74. The van der Waals surface area contributed by atoms with Crippen molar-refractivity contribution >= 4 is 10.8 Å². The van der Waals surface area contributed by atoms with Gasteiger partial charge in [0.25, 0.3) is 0 Å². The summed E-state index contributed by atoms with van der Waals surface area (Å²) in [5, 5.41) is 11.8. The summed E-state index contributed by atoms with van der Waals surface area (Å²) in [6.07, 6.45) is 4.92. The molecule has 0 spiro atoms. The number of phenolic OH excluding ortho intramolecular Hbond substituents is 1. The molecule has 0 saturated carbocycles. The number of hydrogen-bond acceptors (Lipinski definition) is 1. The number of phenols is 1. The normalized spacial score (nSPS) is 10.8. The molecule has 0 unspecified atom stereocenters. The van der Waals surface area contributed by atoms with Crippen LogP contribution in [0.15, 0.2) is 36.4 Å². The van der Waals surface area contributed by atoms with E-state index >= 15 is 0 Å². The first-order valence-corrected chi connectivity index (χ1v) is 6.02. The molecule has 0 fully saturated rings. The van der Waals surface area contributed by atoms with Gasteiger partial charge in [-0.2, -0.15) is 0 Å². The molecule has 0 aliphatic carbocycles. The molecule has 84 valence electrons. The van der Waals surface area contributed by atoms with E-state index < -0.39 is 0 Å². The molecular weight excluding hydrogens is 196 g/mol. The summed E-state index contributed by atoms with van der Waals surface area (Å²) in [5.41, 5.74) is 1.39. The van der Waals surface area contributed by atoms with Crippen molar-refractivity contribution < 1.29 is 5.11 Å². The number of rotatable bonds is 4. The minimum absolute atomic E-state index is 0.346. The van der Waals surface area contributed by atoms with E-state index in [2.05, 4.69) is 25.1 Å². The van der Waals surface area contributed by atoms with Gasteiger partial charge in [0.15, 0.2) is 0 Å². The first-order valence-electron chi connectivity index (χ1n) is 6.02. The molecule has 16 heavy (non-hydrogen) atoms. The predicted molar refractivity (Wildman–Crippen MR) is 68.8 cm³/mol. The third kappa shape index (κ3) is 2.35. The summed E-state index contributed by atoms with van der Waals surface area (Å²) in [6.45, 7) is 2.22. The Morgan fingerprint density at radius 1 is 1.06 bits per heavy atom. The van der Waals surface area contributed by atoms with Crippen LogP contribution in [0.3, 0.4) is 0 Å². The summed E-state index contributed by atoms with van der Waals surface area (Å²) >= 11 is 0. The van der Waals surface area contributed by atoms with Gasteiger partial charge in [-0.25, -0.2) is 0 Å². The molecular formula is C15H18O. The molecule has 0 atom stereocenters. The van der Waals surface area contributed by atoms with Crippen LogP contribution in [0.5, 0.6) is 5.75 Å². The summed E-state index contributed by atoms with van der Waals surface area (Å²) in [5.74, 6) is 0.346. The van der Waals surface area contributed by atoms with Gasteiger partial charge < -0.3 is 5.11 Å². The average molecular weight is 214 g/mol. The quantitative estimate of drug-likeness (QED) is 0.753. The minimum atomic E-state index is 0.346. The van der Waals surface area contributed by atoms with Gasteiger partial charge in [-0.05, 0) is 41.3 Å². The van der Waals surface area contributed by atoms with E-state index in [9.17, 15) is 5.11 Å². The van der Waals surface area contributed by atoms with Crippen LogP contribution in [0.4, 0.5) is 0 Å². The molecule has 0 amide bonds. The van der Waals surface area contributed by atoms with E-state index in [-0.39, 0.29) is 0 Å². The Labute approximate surface area is 96.7 Å². The standard InChI is InChI=1S/C15H18O/c1-2-3-4-6-12-7-5-8-13-11-14(16)9-10-15(12)13/h5,7-11,16H,2-4,6H2,1H3. The molecule has 2 rings (SSSR count). The maximum absolute atomic E-state index is 9.44. The van der Waals surface area contributed by atoms with E-state index in [0.717, 1.165) is 11.8 Å². The summed E-state index contributed by atoms with van der Waals surface area (Å²) in [4.78, 5) is 0. The molecule has 0 aliphatic rings. The van der Waals surface area contributed by atoms with Gasteiger partial charge in [0.05, 0.1) is 0 Å². The van der Waals surface area contributed by atoms with Crippen molar-refractivity contribution in [2.24, 2.45) is 0 Å². The smallest absolute Gasteiger partial charge is 0.116 e. The number of benzene rings is 2. The SMILES string of the molecule is CCCCCc1cccc2cc(O)ccc12. The Kier molecular flexibility index (Phi) is 3.45. The monoisotopic (exact) mass is 214 g/mol. The third-order valence-electron chi connectivity index (χ3n) is 3.00. The molecule has 1 N–H and O–H groups in total. The summed E-state index contributed by atoms with van der Waals surface area (Å²) in [6, 6.07) is 11.9. The largest absolute Gasteiger partial charge is 0.508 e. The van der Waals surface area contributed by atoms with Crippen LogP contribution in [-0.2, 0) is 6.42 Å². The van der Waals surface area contributed by atoms with Crippen molar-refractivity contribution in [3.63, 3.8) is 0 Å². The molecule has 0 aromatic heterocycles. The van der Waals surface area contributed by atoms with E-state index in [1.807, 2.05) is 12.1 Å². The van der Waals surface area contributed by atoms with Crippen molar-refractivity contribution in [2.45, 2.75) is 32.6 Å². The molecule has 0 bridgehead atoms. The van der Waals surface area contributed by atoms with Gasteiger partial charge >= 0.3 is 0 Å². The van der Waals surface area contributed by atoms with Gasteiger partial charge in [0.1, 0.15) is 5.75 Å². The zero-order valence-electron chi connectivity index (χ0n) is 9.74. The van der Waals surface area contributed by atoms with Gasteiger partial charge in [0, 0.05) is 0 Å². The Morgan fingerprint density at radius 3 is 2.75 bits per heavy atom. The zero-order chi connectivity index (χ0) is 11.4. The molecule has 0 radical (unpaired) electrons. The van der Waals surface area contributed by atoms with Gasteiger partial charge in [-0.3, -0.25) is 0 Å². The second kappa shape index (κ2) is 5.02. The second-order valence-electron chi connectivity index (χ2n) is 4.28. The molecule has 0 heterocycles. The highest BCUT2D eigenvalue weighted by molar-refractivity contribution is 5.86. The number of aromatic hydroxyl groups is 1. The number of unbranched alkanes of at least 4 members (excludes halogenated alkanes) is 2. The molecule has 0 aliphatic heterocycles. The van der Waals surface area contributed by atoms with Crippen LogP contribution in [-0.4, -0.2) is 5.11 Å². The maximum Gasteiger partial charge on any atom is 0.116 e. The van der Waals surface area contributed by atoms with E-state index in [4.69, 9.17) is 0 Å². The van der Waals surface area contributed by atoms with Gasteiger partial charge in [0.2, 0.25) is 0 Å². The second-order valence-corrected chi connectivity index (χ2v) is 4.28. The van der Waals surface area contributed by atoms with Crippen LogP contribution in [0.2, 0.25) is 0 Å². The number of aryl methyl sites for hydroxylation is 1. The fourth-order valence-corrected chi connectivity index (χ4v) is 2.12. The van der Waals surface area contributed by atoms with E-state index in [1.165, 1.54) is 30.2 Å². The average Bonchev–Trinajstić information content (AvgIpc) is 2.29. The van der Waals surface area contributed by atoms with Crippen LogP contribution >= 0.6 is 0 Å². The van der Waals surface area contributed by atoms with E-state index in [1.54, 1.807) is 6.07 Å². The number of hydrogen-bond donors (Lipinski definition) is 1. The van der Waals surface area contributed by atoms with Crippen molar-refractivity contribution in [3.8, 4) is 5.75 Å². The molecule has 2 aromatic rings. The van der Waals surface area contributed by atoms with Crippen molar-refractivity contribution in [3.05, 3.63) is 42.0 Å². The molecule has 2 aromatic carbocycles. The first-order chi connectivity index (χ1) is 7.81. The van der Waals surface area contributed by atoms with Crippen molar-refractivity contribution in [1.29, 1.82) is 0 Å². The summed E-state index contributed by atoms with van der Waals surface area (Å²) < 4.78 is 0. The van der Waals surface area contributed by atoms with Crippen LogP contribution in [0.1, 0.15) is 31.7 Å². The highest BCUT2D eigenvalue weighted by atomic mass is 16.3. The summed E-state index contributed by atoms with van der Waals surface area (Å²) in [7, 11) is 0. The Hall–Kier alpha value is -1.50. The Balaban J connectivity index is 2.30. The lowest BCUT2D eigenvalue weighted by Gasteiger charge is -2.06. The minimum Gasteiger partial charge on any atom is -0.508 e. The number of fused-ring (bicyclic) bond motifs is 1. The van der Waals surface area contributed by atoms with Crippen LogP contribution in [0, 0.1) is 0 Å². The Morgan fingerprint density at radius 2 is 1.94 bits per heavy atom. The molecule has 0 saturated heterocycles. The third-order valence-corrected chi connectivity index (χ3v) is 3.00. The van der Waals surface area contributed by atoms with Crippen molar-refractivity contribution in [1.82, 2.24) is 0 Å². The van der Waals surface area contributed by atoms with Crippen LogP contribution < -0.4 is 0 Å². The lowest BCUT2D eigenvalue weighted by atomic mass is 9.99. The highest BCUT2D eigenvalue weighted by Gasteiger charge is 2.01. The molecule has 1 nitrogen and oxygen atoms in total. The Bertz CT molecular complexity index is 474. The predicted octanol–water partition coefficient (Wildman–Crippen LogP) is 4.28. The molecule has 1 heteroatoms. The van der Waals surface area contributed by atoms with Crippen molar-refractivity contribution in [2.75, 3.05) is 0 Å². The van der Waals surface area contributed by atoms with E-state index in [0.29, 0.717) is 5.75 Å². The topological polar surface area (TPSA) is 20.2 Å². The van der Waals surface area contributed by atoms with Gasteiger partial charge in [-0.1, -0.05) is 44.0 Å². The maximum atomic E-state index is 9.44. The van der Waals surface area contributed by atoms with Crippen LogP contribution in [0.25, 0.3) is 10.8 Å². The van der Waals surface area contributed by atoms with Gasteiger partial charge in [-0.15, -0.1) is 0 Å². The fourth-order valence-electron chi connectivity index (χ4n) is 2.12. The first kappa shape index (κ1) is 11.0. The highest BCUT2D eigenvalue weighted by Crippen LogP contribution is 2.24.